The Morgan fingerprint density at radius 2 is 1.48 bits per heavy atom. The van der Waals surface area contributed by atoms with Crippen molar-refractivity contribution in [2.24, 2.45) is 20.5 Å². The lowest BCUT2D eigenvalue weighted by Gasteiger charge is -2.23. The van der Waals surface area contributed by atoms with Crippen molar-refractivity contribution >= 4 is 82.4 Å². The molecule has 0 atom stereocenters. The Kier molecular flexibility index (Phi) is 10.8. The van der Waals surface area contributed by atoms with Gasteiger partial charge in [-0.3, -0.25) is 9.11 Å². The fourth-order valence-electron chi connectivity index (χ4n) is 3.88. The maximum atomic E-state index is 12.3. The molecule has 0 heterocycles. The lowest BCUT2D eigenvalue weighted by atomic mass is 10.1. The number of benzene rings is 4. The minimum atomic E-state index is -5.03. The fourth-order valence-corrected chi connectivity index (χ4v) is 5.94. The van der Waals surface area contributed by atoms with E-state index in [9.17, 15) is 40.2 Å². The highest BCUT2D eigenvalue weighted by Gasteiger charge is 2.29. The topological polar surface area (TPSA) is 293 Å². The van der Waals surface area contributed by atoms with Gasteiger partial charge in [0.1, 0.15) is 50.6 Å². The van der Waals surface area contributed by atoms with Crippen LogP contribution in [0.15, 0.2) is 84.8 Å². The van der Waals surface area contributed by atoms with Crippen molar-refractivity contribution in [2.75, 3.05) is 12.8 Å². The van der Waals surface area contributed by atoms with Gasteiger partial charge in [0.15, 0.2) is 11.5 Å². The molecule has 0 fully saturated rings. The summed E-state index contributed by atoms with van der Waals surface area (Å²) in [4.78, 5) is 3.30. The number of phenolic OH excluding ortho intramolecular Hbond substituents is 1. The molecule has 4 aromatic rings. The molecule has 18 nitrogen and oxygen atoms in total. The Balaban J connectivity index is 1.85. The maximum absolute atomic E-state index is 12.3. The van der Waals surface area contributed by atoms with E-state index in [-0.39, 0.29) is 40.0 Å². The van der Waals surface area contributed by atoms with Crippen molar-refractivity contribution in [3.63, 3.8) is 0 Å². The highest BCUT2D eigenvalue weighted by Crippen LogP contribution is 2.56. The van der Waals surface area contributed by atoms with Gasteiger partial charge < -0.3 is 34.1 Å². The van der Waals surface area contributed by atoms with E-state index in [4.69, 9.17) is 19.9 Å². The SMILES string of the molecule is COc1ccc(OOSC#CS(=O)(=O)O)cc1N=Nc1c(S(O)(O)O)cc2cc(S(=O)(=O)O)c(N=Nc3ccc(C)cc3)c(N)c2c1O. The predicted molar refractivity (Wildman–Crippen MR) is 175 cm³/mol. The van der Waals surface area contributed by atoms with Crippen LogP contribution in [0, 0.1) is 17.4 Å². The van der Waals surface area contributed by atoms with Gasteiger partial charge >= 0.3 is 10.1 Å². The zero-order chi connectivity index (χ0) is 35.4. The summed E-state index contributed by atoms with van der Waals surface area (Å²) in [6, 6.07) is 12.1. The lowest BCUT2D eigenvalue weighted by molar-refractivity contribution is -0.0762. The molecule has 0 unspecified atom stereocenters. The molecule has 0 saturated heterocycles. The van der Waals surface area contributed by atoms with Gasteiger partial charge in [0.05, 0.1) is 34.0 Å². The summed E-state index contributed by atoms with van der Waals surface area (Å²) in [6.07, 6.45) is 0. The Bertz CT molecular complexity index is 2230. The zero-order valence-electron chi connectivity index (χ0n) is 24.2. The summed E-state index contributed by atoms with van der Waals surface area (Å²) in [5, 5.41) is 29.7. The number of aryl methyl sites for hydroxylation is 1. The van der Waals surface area contributed by atoms with Crippen molar-refractivity contribution in [2.45, 2.75) is 16.7 Å². The second-order valence-electron chi connectivity index (χ2n) is 9.28. The largest absolute Gasteiger partial charge is 0.505 e. The van der Waals surface area contributed by atoms with E-state index in [2.05, 4.69) is 24.8 Å². The van der Waals surface area contributed by atoms with Crippen LogP contribution in [-0.4, -0.2) is 51.8 Å². The zero-order valence-corrected chi connectivity index (χ0v) is 27.5. The number of hydrogen-bond acceptors (Lipinski definition) is 17. The molecule has 0 aliphatic rings. The van der Waals surface area contributed by atoms with Crippen molar-refractivity contribution in [3.05, 3.63) is 60.2 Å². The Morgan fingerprint density at radius 1 is 0.833 bits per heavy atom. The molecule has 0 spiro atoms. The van der Waals surface area contributed by atoms with Crippen LogP contribution in [0.3, 0.4) is 0 Å². The van der Waals surface area contributed by atoms with E-state index in [1.54, 1.807) is 24.3 Å². The highest BCUT2D eigenvalue weighted by molar-refractivity contribution is 8.19. The first-order chi connectivity index (χ1) is 22.4. The van der Waals surface area contributed by atoms with Crippen molar-refractivity contribution < 1.29 is 58.7 Å². The van der Waals surface area contributed by atoms with E-state index >= 15 is 0 Å². The number of ether oxygens (including phenoxy) is 1. The molecule has 0 aliphatic carbocycles. The molecule has 4 aromatic carbocycles. The van der Waals surface area contributed by atoms with Gasteiger partial charge in [0.2, 0.25) is 0 Å². The third-order valence-corrected chi connectivity index (χ3v) is 8.55. The fraction of sp³-hybridized carbons (Fsp3) is 0.0769. The number of anilines is 1. The minimum absolute atomic E-state index is 0.0640. The summed E-state index contributed by atoms with van der Waals surface area (Å²) >= 11 is 0.215. The molecule has 0 aliphatic heterocycles. The number of aromatic hydroxyl groups is 1. The molecule has 0 saturated carbocycles. The first-order valence-corrected chi connectivity index (χ1v) is 17.7. The number of nitrogens with two attached hydrogens (primary N) is 1. The van der Waals surface area contributed by atoms with Crippen LogP contribution in [-0.2, 0) is 24.6 Å². The summed E-state index contributed by atoms with van der Waals surface area (Å²) < 4.78 is 105. The second kappa shape index (κ2) is 14.3. The number of fused-ring (bicyclic) bond motifs is 1. The molecule has 0 radical (unpaired) electrons. The number of methoxy groups -OCH3 is 1. The lowest BCUT2D eigenvalue weighted by Crippen LogP contribution is -2.03. The highest BCUT2D eigenvalue weighted by atomic mass is 32.3. The third kappa shape index (κ3) is 8.87. The van der Waals surface area contributed by atoms with Crippen LogP contribution < -0.4 is 15.4 Å². The molecule has 48 heavy (non-hydrogen) atoms. The number of azo groups is 2. The molecule has 22 heteroatoms. The molecular formula is C26H23N5O13S4. The summed E-state index contributed by atoms with van der Waals surface area (Å²) in [5.41, 5.74) is 5.51. The van der Waals surface area contributed by atoms with E-state index in [0.717, 1.165) is 17.7 Å². The van der Waals surface area contributed by atoms with Gasteiger partial charge in [-0.05, 0) is 48.7 Å². The maximum Gasteiger partial charge on any atom is 0.336 e. The van der Waals surface area contributed by atoms with Gasteiger partial charge in [0, 0.05) is 11.3 Å². The van der Waals surface area contributed by atoms with Gasteiger partial charge in [-0.15, -0.1) is 19.7 Å². The number of phenols is 1. The van der Waals surface area contributed by atoms with E-state index in [0.29, 0.717) is 5.69 Å². The number of nitrogen functional groups attached to an aromatic ring is 1. The molecule has 4 rings (SSSR count). The monoisotopic (exact) mass is 741 g/mol. The Labute approximate surface area is 278 Å². The van der Waals surface area contributed by atoms with Gasteiger partial charge in [-0.2, -0.15) is 21.9 Å². The number of nitrogens with zero attached hydrogens (tertiary/aromatic N) is 4. The van der Waals surface area contributed by atoms with Crippen molar-refractivity contribution in [1.82, 2.24) is 0 Å². The quantitative estimate of drug-likeness (QED) is 0.0127. The standard InChI is InChI=1S/C26H23N5O13S4/c1-14-3-5-16(6-4-14)28-30-24-20(47(36,37)38)11-15-12-21(48(39,40)41)25(26(32)22(15)23(24)27)31-29-18-13-17(7-8-19(18)42-2)43-44-45-9-10-46(33,34)35/h3-8,11-13,32,39-41H,27H2,1-2H3,(H,33,34,35)(H,36,37,38). The molecular weight excluding hydrogens is 719 g/mol. The van der Waals surface area contributed by atoms with Crippen LogP contribution >= 0.6 is 22.9 Å². The van der Waals surface area contributed by atoms with Gasteiger partial charge in [-0.1, -0.05) is 17.7 Å². The van der Waals surface area contributed by atoms with Crippen molar-refractivity contribution in [1.29, 1.82) is 0 Å². The van der Waals surface area contributed by atoms with Crippen LogP contribution in [0.1, 0.15) is 5.56 Å². The Hall–Kier alpha value is -4.54. The molecule has 254 valence electrons. The second-order valence-corrected chi connectivity index (χ2v) is 13.8. The van der Waals surface area contributed by atoms with Gasteiger partial charge in [0.25, 0.3) is 10.1 Å². The van der Waals surface area contributed by atoms with E-state index < -0.39 is 63.7 Å². The van der Waals surface area contributed by atoms with Crippen LogP contribution in [0.5, 0.6) is 17.2 Å². The molecule has 8 N–H and O–H groups in total. The van der Waals surface area contributed by atoms with Gasteiger partial charge in [-0.25, -0.2) is 0 Å². The average molecular weight is 742 g/mol. The first-order valence-electron chi connectivity index (χ1n) is 12.6. The van der Waals surface area contributed by atoms with Crippen LogP contribution in [0.2, 0.25) is 0 Å². The summed E-state index contributed by atoms with van der Waals surface area (Å²) in [6.45, 7) is 1.83. The van der Waals surface area contributed by atoms with E-state index in [1.165, 1.54) is 30.6 Å². The van der Waals surface area contributed by atoms with Crippen molar-refractivity contribution in [3.8, 4) is 27.8 Å². The van der Waals surface area contributed by atoms with E-state index in [1.807, 2.05) is 12.2 Å². The normalized spacial score (nSPS) is 12.7. The minimum Gasteiger partial charge on any atom is -0.505 e. The predicted octanol–water partition coefficient (Wildman–Crippen LogP) is 6.87. The first kappa shape index (κ1) is 36.3. The third-order valence-electron chi connectivity index (χ3n) is 5.97. The molecule has 0 amide bonds. The Morgan fingerprint density at radius 3 is 2.08 bits per heavy atom. The number of rotatable bonds is 10. The summed E-state index contributed by atoms with van der Waals surface area (Å²) in [7, 11) is -13.0. The van der Waals surface area contributed by atoms with Crippen LogP contribution in [0.4, 0.5) is 28.4 Å². The smallest absolute Gasteiger partial charge is 0.336 e. The summed E-state index contributed by atoms with van der Waals surface area (Å²) in [5.74, 6) is -0.903. The van der Waals surface area contributed by atoms with Crippen LogP contribution in [0.25, 0.3) is 10.8 Å². The molecule has 0 aromatic heterocycles. The molecule has 0 bridgehead atoms. The number of hydrogen-bond donors (Lipinski definition) is 7. The average Bonchev–Trinajstić information content (AvgIpc) is 2.99.